The molecule has 0 aliphatic carbocycles. The van der Waals surface area contributed by atoms with Crippen LogP contribution < -0.4 is 20.7 Å². The van der Waals surface area contributed by atoms with Crippen LogP contribution in [0, 0.1) is 0 Å². The number of nitrogens with one attached hydrogen (secondary N) is 3. The van der Waals surface area contributed by atoms with Crippen LogP contribution in [0.4, 0.5) is 11.5 Å². The third-order valence-corrected chi connectivity index (χ3v) is 7.94. The summed E-state index contributed by atoms with van der Waals surface area (Å²) >= 11 is 1.38. The number of carbonyl (C=O) groups is 3. The van der Waals surface area contributed by atoms with E-state index in [4.69, 9.17) is 4.74 Å². The van der Waals surface area contributed by atoms with Gasteiger partial charge in [-0.1, -0.05) is 72.8 Å². The van der Waals surface area contributed by atoms with Crippen molar-refractivity contribution in [3.63, 3.8) is 0 Å². The van der Waals surface area contributed by atoms with Crippen LogP contribution in [0.15, 0.2) is 144 Å². The van der Waals surface area contributed by atoms with Crippen LogP contribution >= 0.6 is 11.8 Å². The lowest BCUT2D eigenvalue weighted by atomic mass is 10.1. The predicted molar refractivity (Wildman–Crippen MR) is 182 cm³/mol. The number of thioether (sulfide) groups is 1. The van der Waals surface area contributed by atoms with Crippen molar-refractivity contribution in [1.29, 1.82) is 0 Å². The van der Waals surface area contributed by atoms with Gasteiger partial charge in [0.25, 0.3) is 11.8 Å². The average Bonchev–Trinajstić information content (AvgIpc) is 3.09. The van der Waals surface area contributed by atoms with Crippen LogP contribution in [-0.2, 0) is 9.59 Å². The monoisotopic (exact) mass is 628 g/mol. The standard InChI is InChI=1S/C37H32N4O4S/c1-2-45-32-18-10-9-17-28(32)25-31(40-35(42)27-15-7-4-8-16-27)36(43)39-29-20-22-30(23-21-29)46-34(26-13-5-3-6-14-26)37(44)41-33-19-11-12-24-38-33/h3-25,34H,2H2,1H3,(H,39,43)(H,40,42)(H,38,41,44)/b31-25-. The molecule has 0 fully saturated rings. The van der Waals surface area contributed by atoms with Crippen molar-refractivity contribution in [2.24, 2.45) is 0 Å². The van der Waals surface area contributed by atoms with E-state index in [1.165, 1.54) is 11.8 Å². The molecule has 0 radical (unpaired) electrons. The van der Waals surface area contributed by atoms with E-state index in [0.29, 0.717) is 35.0 Å². The molecule has 1 unspecified atom stereocenters. The van der Waals surface area contributed by atoms with Crippen molar-refractivity contribution in [2.75, 3.05) is 17.2 Å². The number of benzene rings is 4. The highest BCUT2D eigenvalue weighted by Crippen LogP contribution is 2.36. The summed E-state index contributed by atoms with van der Waals surface area (Å²) in [4.78, 5) is 45.0. The first-order valence-corrected chi connectivity index (χ1v) is 15.5. The number of carbonyl (C=O) groups excluding carboxylic acids is 3. The number of amides is 3. The van der Waals surface area contributed by atoms with Gasteiger partial charge in [-0.05, 0) is 73.2 Å². The van der Waals surface area contributed by atoms with Crippen molar-refractivity contribution in [2.45, 2.75) is 17.1 Å². The number of para-hydroxylation sites is 1. The Morgan fingerprint density at radius 1 is 0.783 bits per heavy atom. The predicted octanol–water partition coefficient (Wildman–Crippen LogP) is 7.36. The zero-order valence-electron chi connectivity index (χ0n) is 25.1. The Morgan fingerprint density at radius 2 is 1.46 bits per heavy atom. The zero-order chi connectivity index (χ0) is 32.1. The van der Waals surface area contributed by atoms with Gasteiger partial charge in [-0.25, -0.2) is 4.98 Å². The van der Waals surface area contributed by atoms with Gasteiger partial charge in [-0.3, -0.25) is 14.4 Å². The lowest BCUT2D eigenvalue weighted by molar-refractivity contribution is -0.116. The van der Waals surface area contributed by atoms with Crippen molar-refractivity contribution < 1.29 is 19.1 Å². The molecule has 3 N–H and O–H groups in total. The fourth-order valence-electron chi connectivity index (χ4n) is 4.47. The van der Waals surface area contributed by atoms with Gasteiger partial charge in [-0.2, -0.15) is 0 Å². The Bertz CT molecular complexity index is 1800. The summed E-state index contributed by atoms with van der Waals surface area (Å²) in [6.07, 6.45) is 3.22. The summed E-state index contributed by atoms with van der Waals surface area (Å²) < 4.78 is 5.73. The highest BCUT2D eigenvalue weighted by Gasteiger charge is 2.23. The van der Waals surface area contributed by atoms with Gasteiger partial charge < -0.3 is 20.7 Å². The molecular formula is C37H32N4O4S. The van der Waals surface area contributed by atoms with E-state index in [-0.39, 0.29) is 11.6 Å². The lowest BCUT2D eigenvalue weighted by Gasteiger charge is -2.17. The second kappa shape index (κ2) is 15.9. The maximum absolute atomic E-state index is 13.6. The molecule has 5 aromatic rings. The summed E-state index contributed by atoms with van der Waals surface area (Å²) in [6.45, 7) is 2.32. The first-order chi connectivity index (χ1) is 22.5. The van der Waals surface area contributed by atoms with E-state index in [0.717, 1.165) is 10.5 Å². The Labute approximate surface area is 271 Å². The summed E-state index contributed by atoms with van der Waals surface area (Å²) in [7, 11) is 0. The highest BCUT2D eigenvalue weighted by molar-refractivity contribution is 8.00. The van der Waals surface area contributed by atoms with Crippen LogP contribution in [0.25, 0.3) is 6.08 Å². The fraction of sp³-hybridized carbons (Fsp3) is 0.0811. The minimum absolute atomic E-state index is 0.0507. The average molecular weight is 629 g/mol. The summed E-state index contributed by atoms with van der Waals surface area (Å²) in [5, 5.41) is 7.99. The van der Waals surface area contributed by atoms with Crippen LogP contribution in [0.1, 0.15) is 33.7 Å². The van der Waals surface area contributed by atoms with Gasteiger partial charge in [0.1, 0.15) is 22.5 Å². The molecule has 46 heavy (non-hydrogen) atoms. The molecule has 0 saturated heterocycles. The van der Waals surface area contributed by atoms with Crippen molar-refractivity contribution in [3.8, 4) is 5.75 Å². The molecule has 4 aromatic carbocycles. The van der Waals surface area contributed by atoms with Gasteiger partial charge in [0, 0.05) is 27.9 Å². The third kappa shape index (κ3) is 8.71. The Balaban J connectivity index is 1.34. The number of hydrogen-bond donors (Lipinski definition) is 3. The minimum atomic E-state index is -0.545. The molecule has 0 spiro atoms. The Hall–Kier alpha value is -5.67. The van der Waals surface area contributed by atoms with E-state index in [1.54, 1.807) is 66.9 Å². The van der Waals surface area contributed by atoms with Gasteiger partial charge in [0.05, 0.1) is 6.61 Å². The number of ether oxygens (including phenoxy) is 1. The highest BCUT2D eigenvalue weighted by atomic mass is 32.2. The lowest BCUT2D eigenvalue weighted by Crippen LogP contribution is -2.30. The van der Waals surface area contributed by atoms with Crippen LogP contribution in [0.2, 0.25) is 0 Å². The van der Waals surface area contributed by atoms with Crippen LogP contribution in [0.3, 0.4) is 0 Å². The van der Waals surface area contributed by atoms with E-state index in [1.807, 2.05) is 79.7 Å². The molecule has 3 amide bonds. The first kappa shape index (κ1) is 31.7. The number of pyridine rings is 1. The molecule has 1 heterocycles. The first-order valence-electron chi connectivity index (χ1n) is 14.6. The van der Waals surface area contributed by atoms with E-state index in [9.17, 15) is 14.4 Å². The molecule has 5 rings (SSSR count). The van der Waals surface area contributed by atoms with Crippen LogP contribution in [-0.4, -0.2) is 29.3 Å². The normalized spacial score (nSPS) is 11.6. The molecule has 0 aliphatic heterocycles. The Morgan fingerprint density at radius 3 is 2.15 bits per heavy atom. The molecular weight excluding hydrogens is 596 g/mol. The van der Waals surface area contributed by atoms with Crippen LogP contribution in [0.5, 0.6) is 5.75 Å². The summed E-state index contributed by atoms with van der Waals surface area (Å²) in [5.74, 6) is -0.0696. The van der Waals surface area contributed by atoms with Crippen molar-refractivity contribution in [1.82, 2.24) is 10.3 Å². The van der Waals surface area contributed by atoms with Gasteiger partial charge in [0.15, 0.2) is 0 Å². The van der Waals surface area contributed by atoms with Gasteiger partial charge in [-0.15, -0.1) is 11.8 Å². The third-order valence-electron chi connectivity index (χ3n) is 6.67. The zero-order valence-corrected chi connectivity index (χ0v) is 25.9. The second-order valence-electron chi connectivity index (χ2n) is 9.94. The second-order valence-corrected chi connectivity index (χ2v) is 11.1. The van der Waals surface area contributed by atoms with E-state index < -0.39 is 17.1 Å². The summed E-state index contributed by atoms with van der Waals surface area (Å²) in [5.41, 5.74) is 2.47. The fourth-order valence-corrected chi connectivity index (χ4v) is 5.49. The molecule has 9 heteroatoms. The van der Waals surface area contributed by atoms with Gasteiger partial charge >= 0.3 is 0 Å². The number of nitrogens with zero attached hydrogens (tertiary/aromatic N) is 1. The Kier molecular flexibility index (Phi) is 11.0. The maximum atomic E-state index is 13.6. The van der Waals surface area contributed by atoms with Gasteiger partial charge in [0.2, 0.25) is 5.91 Å². The SMILES string of the molecule is CCOc1ccccc1/C=C(\NC(=O)c1ccccc1)C(=O)Nc1ccc(SC(C(=O)Nc2ccccn2)c2ccccc2)cc1. The molecule has 0 aliphatic rings. The maximum Gasteiger partial charge on any atom is 0.272 e. The van der Waals surface area contributed by atoms with Crippen molar-refractivity contribution >= 4 is 47.1 Å². The topological polar surface area (TPSA) is 109 Å². The number of aromatic nitrogens is 1. The quantitative estimate of drug-likeness (QED) is 0.0984. The molecule has 1 atom stereocenters. The number of hydrogen-bond acceptors (Lipinski definition) is 6. The number of anilines is 2. The molecule has 8 nitrogen and oxygen atoms in total. The number of rotatable bonds is 12. The summed E-state index contributed by atoms with van der Waals surface area (Å²) in [6, 6.07) is 38.0. The molecule has 0 saturated carbocycles. The smallest absolute Gasteiger partial charge is 0.272 e. The molecule has 230 valence electrons. The molecule has 1 aromatic heterocycles. The van der Waals surface area contributed by atoms with E-state index >= 15 is 0 Å². The van der Waals surface area contributed by atoms with Crippen molar-refractivity contribution in [3.05, 3.63) is 156 Å². The largest absolute Gasteiger partial charge is 0.493 e. The van der Waals surface area contributed by atoms with E-state index in [2.05, 4.69) is 20.9 Å². The molecule has 0 bridgehead atoms. The minimum Gasteiger partial charge on any atom is -0.493 e.